The summed E-state index contributed by atoms with van der Waals surface area (Å²) in [5, 5.41) is 0. The highest BCUT2D eigenvalue weighted by Gasteiger charge is 2.30. The van der Waals surface area contributed by atoms with Crippen molar-refractivity contribution in [2.24, 2.45) is 5.73 Å². The fourth-order valence-electron chi connectivity index (χ4n) is 2.15. The zero-order valence-electron chi connectivity index (χ0n) is 12.7. The number of hydrogen-bond donors (Lipinski definition) is 1. The number of ether oxygens (including phenoxy) is 2. The molecule has 124 valence electrons. The second-order valence-corrected chi connectivity index (χ2v) is 5.01. The number of rotatable bonds is 6. The molecular weight excluding hydrogens is 307 g/mol. The topological polar surface area (TPSA) is 44.5 Å². The summed E-state index contributed by atoms with van der Waals surface area (Å²) in [6.45, 7) is 0.520. The fraction of sp³-hybridized carbons (Fsp3) is 0.294. The first-order valence-corrected chi connectivity index (χ1v) is 7.10. The van der Waals surface area contributed by atoms with Crippen molar-refractivity contribution in [3.63, 3.8) is 0 Å². The van der Waals surface area contributed by atoms with Gasteiger partial charge in [-0.3, -0.25) is 0 Å². The lowest BCUT2D eigenvalue weighted by atomic mass is 10.1. The van der Waals surface area contributed by atoms with E-state index >= 15 is 0 Å². The highest BCUT2D eigenvalue weighted by Crippen LogP contribution is 2.31. The normalized spacial score (nSPS) is 11.3. The molecular formula is C17H18F3NO2. The summed E-state index contributed by atoms with van der Waals surface area (Å²) in [5.41, 5.74) is 6.25. The predicted octanol–water partition coefficient (Wildman–Crippen LogP) is 3.79. The molecule has 0 unspecified atom stereocenters. The van der Waals surface area contributed by atoms with Crippen LogP contribution >= 0.6 is 0 Å². The SMILES string of the molecule is COc1ccc(CCN)cc1OCc1cccc(C(F)(F)F)c1. The van der Waals surface area contributed by atoms with Gasteiger partial charge in [0.2, 0.25) is 0 Å². The first-order valence-electron chi connectivity index (χ1n) is 7.10. The van der Waals surface area contributed by atoms with Crippen LogP contribution in [0.1, 0.15) is 16.7 Å². The maximum atomic E-state index is 12.7. The monoisotopic (exact) mass is 325 g/mol. The van der Waals surface area contributed by atoms with Gasteiger partial charge in [-0.05, 0) is 48.4 Å². The molecule has 0 spiro atoms. The van der Waals surface area contributed by atoms with Crippen LogP contribution < -0.4 is 15.2 Å². The number of alkyl halides is 3. The summed E-state index contributed by atoms with van der Waals surface area (Å²) in [7, 11) is 1.51. The van der Waals surface area contributed by atoms with Gasteiger partial charge >= 0.3 is 6.18 Å². The van der Waals surface area contributed by atoms with Crippen molar-refractivity contribution in [2.45, 2.75) is 19.2 Å². The molecule has 0 aliphatic rings. The van der Waals surface area contributed by atoms with Crippen molar-refractivity contribution in [3.8, 4) is 11.5 Å². The molecule has 2 aromatic carbocycles. The van der Waals surface area contributed by atoms with Crippen molar-refractivity contribution < 1.29 is 22.6 Å². The van der Waals surface area contributed by atoms with Crippen LogP contribution in [0.25, 0.3) is 0 Å². The molecule has 6 heteroatoms. The van der Waals surface area contributed by atoms with E-state index in [1.54, 1.807) is 18.2 Å². The van der Waals surface area contributed by atoms with Gasteiger partial charge in [-0.25, -0.2) is 0 Å². The Kier molecular flexibility index (Phi) is 5.50. The largest absolute Gasteiger partial charge is 0.493 e. The fourth-order valence-corrected chi connectivity index (χ4v) is 2.15. The van der Waals surface area contributed by atoms with Crippen LogP contribution in [0.3, 0.4) is 0 Å². The van der Waals surface area contributed by atoms with Crippen LogP contribution in [-0.2, 0) is 19.2 Å². The lowest BCUT2D eigenvalue weighted by Gasteiger charge is -2.13. The van der Waals surface area contributed by atoms with Gasteiger partial charge in [0.05, 0.1) is 12.7 Å². The maximum Gasteiger partial charge on any atom is 0.416 e. The molecule has 0 saturated heterocycles. The predicted molar refractivity (Wildman–Crippen MR) is 81.5 cm³/mol. The minimum Gasteiger partial charge on any atom is -0.493 e. The van der Waals surface area contributed by atoms with Crippen LogP contribution in [-0.4, -0.2) is 13.7 Å². The Morgan fingerprint density at radius 2 is 1.78 bits per heavy atom. The van der Waals surface area contributed by atoms with Gasteiger partial charge in [0.25, 0.3) is 0 Å². The van der Waals surface area contributed by atoms with Crippen molar-refractivity contribution in [3.05, 3.63) is 59.2 Å². The highest BCUT2D eigenvalue weighted by molar-refractivity contribution is 5.43. The molecule has 0 aliphatic carbocycles. The Morgan fingerprint density at radius 3 is 2.43 bits per heavy atom. The first kappa shape index (κ1) is 17.1. The van der Waals surface area contributed by atoms with Crippen molar-refractivity contribution in [2.75, 3.05) is 13.7 Å². The van der Waals surface area contributed by atoms with E-state index in [9.17, 15) is 13.2 Å². The second kappa shape index (κ2) is 7.37. The third-order valence-electron chi connectivity index (χ3n) is 3.31. The number of hydrogen-bond acceptors (Lipinski definition) is 3. The molecule has 0 fully saturated rings. The number of halogens is 3. The van der Waals surface area contributed by atoms with Crippen molar-refractivity contribution >= 4 is 0 Å². The minimum absolute atomic E-state index is 0.0202. The van der Waals surface area contributed by atoms with E-state index in [1.165, 1.54) is 13.2 Å². The van der Waals surface area contributed by atoms with Crippen LogP contribution in [0, 0.1) is 0 Å². The standard InChI is InChI=1S/C17H18F3NO2/c1-22-15-6-5-12(7-8-21)10-16(15)23-11-13-3-2-4-14(9-13)17(18,19)20/h2-6,9-10H,7-8,11,21H2,1H3. The van der Waals surface area contributed by atoms with Gasteiger partial charge in [-0.1, -0.05) is 18.2 Å². The average molecular weight is 325 g/mol. The molecule has 2 rings (SSSR count). The molecule has 2 aromatic rings. The van der Waals surface area contributed by atoms with E-state index in [4.69, 9.17) is 15.2 Å². The third kappa shape index (κ3) is 4.63. The Bertz CT molecular complexity index is 657. The van der Waals surface area contributed by atoms with Crippen LogP contribution in [0.5, 0.6) is 11.5 Å². The lowest BCUT2D eigenvalue weighted by molar-refractivity contribution is -0.137. The molecule has 0 heterocycles. The van der Waals surface area contributed by atoms with E-state index in [1.807, 2.05) is 6.07 Å². The molecule has 0 aliphatic heterocycles. The van der Waals surface area contributed by atoms with Gasteiger partial charge in [0.15, 0.2) is 11.5 Å². The average Bonchev–Trinajstić information content (AvgIpc) is 2.53. The summed E-state index contributed by atoms with van der Waals surface area (Å²) in [6, 6.07) is 10.5. The number of benzene rings is 2. The Balaban J connectivity index is 2.15. The summed E-state index contributed by atoms with van der Waals surface area (Å²) in [6.07, 6.45) is -3.68. The molecule has 0 bridgehead atoms. The van der Waals surface area contributed by atoms with E-state index in [0.29, 0.717) is 30.0 Å². The number of nitrogens with two attached hydrogens (primary N) is 1. The van der Waals surface area contributed by atoms with E-state index in [2.05, 4.69) is 0 Å². The van der Waals surface area contributed by atoms with Gasteiger partial charge in [-0.2, -0.15) is 13.2 Å². The molecule has 2 N–H and O–H groups in total. The molecule has 0 radical (unpaired) electrons. The highest BCUT2D eigenvalue weighted by atomic mass is 19.4. The lowest BCUT2D eigenvalue weighted by Crippen LogP contribution is -2.06. The van der Waals surface area contributed by atoms with E-state index in [-0.39, 0.29) is 6.61 Å². The van der Waals surface area contributed by atoms with Gasteiger partial charge in [0.1, 0.15) is 6.61 Å². The smallest absolute Gasteiger partial charge is 0.416 e. The van der Waals surface area contributed by atoms with Crippen LogP contribution in [0.2, 0.25) is 0 Å². The van der Waals surface area contributed by atoms with Crippen LogP contribution in [0.15, 0.2) is 42.5 Å². The van der Waals surface area contributed by atoms with Crippen molar-refractivity contribution in [1.82, 2.24) is 0 Å². The minimum atomic E-state index is -4.37. The first-order chi connectivity index (χ1) is 10.9. The van der Waals surface area contributed by atoms with E-state index in [0.717, 1.165) is 17.7 Å². The van der Waals surface area contributed by atoms with Gasteiger partial charge in [0, 0.05) is 0 Å². The molecule has 23 heavy (non-hydrogen) atoms. The zero-order valence-corrected chi connectivity index (χ0v) is 12.7. The summed E-state index contributed by atoms with van der Waals surface area (Å²) in [4.78, 5) is 0. The Morgan fingerprint density at radius 1 is 1.00 bits per heavy atom. The van der Waals surface area contributed by atoms with Gasteiger partial charge in [-0.15, -0.1) is 0 Å². The zero-order chi connectivity index (χ0) is 16.9. The van der Waals surface area contributed by atoms with Crippen LogP contribution in [0.4, 0.5) is 13.2 Å². The van der Waals surface area contributed by atoms with Gasteiger partial charge < -0.3 is 15.2 Å². The molecule has 0 aromatic heterocycles. The molecule has 0 amide bonds. The van der Waals surface area contributed by atoms with E-state index < -0.39 is 11.7 Å². The maximum absolute atomic E-state index is 12.7. The Labute approximate surface area is 132 Å². The summed E-state index contributed by atoms with van der Waals surface area (Å²) in [5.74, 6) is 1.01. The quantitative estimate of drug-likeness (QED) is 0.879. The summed E-state index contributed by atoms with van der Waals surface area (Å²) < 4.78 is 49.0. The number of methoxy groups -OCH3 is 1. The third-order valence-corrected chi connectivity index (χ3v) is 3.31. The second-order valence-electron chi connectivity index (χ2n) is 5.01. The molecule has 3 nitrogen and oxygen atoms in total. The molecule has 0 atom stereocenters. The van der Waals surface area contributed by atoms with Crippen molar-refractivity contribution in [1.29, 1.82) is 0 Å². The molecule has 0 saturated carbocycles. The Hall–Kier alpha value is -2.21. The summed E-state index contributed by atoms with van der Waals surface area (Å²) >= 11 is 0.